The van der Waals surface area contributed by atoms with Gasteiger partial charge in [-0.1, -0.05) is 38.1 Å². The molecule has 0 radical (unpaired) electrons. The monoisotopic (exact) mass is 371 g/mol. The maximum absolute atomic E-state index is 11.7. The number of nitrogens with zero attached hydrogens (tertiary/aromatic N) is 2. The van der Waals surface area contributed by atoms with Crippen molar-refractivity contribution in [1.29, 1.82) is 0 Å². The summed E-state index contributed by atoms with van der Waals surface area (Å²) in [7, 11) is 0. The molecule has 1 atom stereocenters. The topological polar surface area (TPSA) is 35.6 Å². The summed E-state index contributed by atoms with van der Waals surface area (Å²) >= 11 is 0. The molecule has 0 aliphatic carbocycles. The fourth-order valence-electron chi connectivity index (χ4n) is 4.81. The lowest BCUT2D eigenvalue weighted by molar-refractivity contribution is -0.121. The molecule has 27 heavy (non-hydrogen) atoms. The van der Waals surface area contributed by atoms with Gasteiger partial charge in [-0.2, -0.15) is 0 Å². The molecule has 2 aliphatic rings. The third-order valence-corrected chi connectivity index (χ3v) is 6.34. The quantitative estimate of drug-likeness (QED) is 0.795. The van der Waals surface area contributed by atoms with Gasteiger partial charge >= 0.3 is 0 Å². The van der Waals surface area contributed by atoms with Crippen molar-refractivity contribution in [2.45, 2.75) is 58.9 Å². The first-order valence-corrected chi connectivity index (χ1v) is 10.8. The minimum atomic E-state index is 0.188. The van der Waals surface area contributed by atoms with Crippen molar-refractivity contribution in [3.8, 4) is 0 Å². The Balaban J connectivity index is 1.51. The maximum Gasteiger partial charge on any atom is 0.221 e. The van der Waals surface area contributed by atoms with Crippen molar-refractivity contribution < 1.29 is 4.79 Å². The van der Waals surface area contributed by atoms with Crippen LogP contribution in [0.25, 0.3) is 0 Å². The van der Waals surface area contributed by atoms with E-state index in [1.54, 1.807) is 0 Å². The minimum absolute atomic E-state index is 0.188. The molecular weight excluding hydrogens is 334 g/mol. The predicted octanol–water partition coefficient (Wildman–Crippen LogP) is 3.62. The molecule has 2 heterocycles. The Bertz CT molecular complexity index is 613. The second-order valence-corrected chi connectivity index (χ2v) is 8.94. The van der Waals surface area contributed by atoms with E-state index in [-0.39, 0.29) is 5.91 Å². The fraction of sp³-hybridized carbons (Fsp3) is 0.696. The molecule has 2 fully saturated rings. The van der Waals surface area contributed by atoms with E-state index < -0.39 is 0 Å². The number of rotatable bonds is 7. The number of carbonyl (C=O) groups is 1. The van der Waals surface area contributed by atoms with Gasteiger partial charge in [-0.25, -0.2) is 0 Å². The van der Waals surface area contributed by atoms with E-state index in [0.717, 1.165) is 32.7 Å². The lowest BCUT2D eigenvalue weighted by atomic mass is 9.79. The highest BCUT2D eigenvalue weighted by molar-refractivity contribution is 5.75. The zero-order chi connectivity index (χ0) is 19.3. The number of carbonyl (C=O) groups excluding carboxylic acids is 1. The van der Waals surface area contributed by atoms with Gasteiger partial charge in [0.05, 0.1) is 0 Å². The van der Waals surface area contributed by atoms with Crippen molar-refractivity contribution in [2.24, 2.45) is 5.41 Å². The second kappa shape index (κ2) is 9.20. The molecule has 150 valence electrons. The normalized spacial score (nSPS) is 24.0. The summed E-state index contributed by atoms with van der Waals surface area (Å²) in [5.41, 5.74) is 3.30. The zero-order valence-electron chi connectivity index (χ0n) is 17.5. The van der Waals surface area contributed by atoms with E-state index >= 15 is 0 Å². The molecule has 1 spiro atoms. The molecule has 4 nitrogen and oxygen atoms in total. The summed E-state index contributed by atoms with van der Waals surface area (Å²) < 4.78 is 0. The van der Waals surface area contributed by atoms with Crippen LogP contribution in [0.15, 0.2) is 24.3 Å². The molecule has 0 bridgehead atoms. The third kappa shape index (κ3) is 5.55. The van der Waals surface area contributed by atoms with Crippen molar-refractivity contribution in [3.63, 3.8) is 0 Å². The van der Waals surface area contributed by atoms with E-state index in [1.165, 1.54) is 43.5 Å². The van der Waals surface area contributed by atoms with Crippen LogP contribution in [0.3, 0.4) is 0 Å². The molecule has 3 rings (SSSR count). The van der Waals surface area contributed by atoms with E-state index in [0.29, 0.717) is 17.8 Å². The maximum atomic E-state index is 11.7. The Morgan fingerprint density at radius 1 is 1.11 bits per heavy atom. The van der Waals surface area contributed by atoms with Gasteiger partial charge in [0.2, 0.25) is 5.91 Å². The molecule has 1 aromatic carbocycles. The van der Waals surface area contributed by atoms with Crippen LogP contribution in [-0.4, -0.2) is 55.0 Å². The summed E-state index contributed by atoms with van der Waals surface area (Å²) in [5, 5.41) is 2.91. The van der Waals surface area contributed by atoms with Crippen LogP contribution in [0.1, 0.15) is 63.5 Å². The molecule has 2 saturated heterocycles. The van der Waals surface area contributed by atoms with Gasteiger partial charge in [-0.05, 0) is 61.7 Å². The Hall–Kier alpha value is -1.39. The van der Waals surface area contributed by atoms with E-state index in [1.807, 2.05) is 6.92 Å². The van der Waals surface area contributed by atoms with Gasteiger partial charge in [0, 0.05) is 39.1 Å². The summed E-state index contributed by atoms with van der Waals surface area (Å²) in [6, 6.07) is 9.20. The molecule has 0 unspecified atom stereocenters. The molecule has 1 N–H and O–H groups in total. The van der Waals surface area contributed by atoms with Gasteiger partial charge < -0.3 is 10.2 Å². The zero-order valence-corrected chi connectivity index (χ0v) is 17.5. The smallest absolute Gasteiger partial charge is 0.221 e. The Labute approximate surface area is 165 Å². The summed E-state index contributed by atoms with van der Waals surface area (Å²) in [4.78, 5) is 16.9. The van der Waals surface area contributed by atoms with Gasteiger partial charge in [0.1, 0.15) is 0 Å². The molecule has 0 saturated carbocycles. The van der Waals surface area contributed by atoms with Crippen LogP contribution in [0.4, 0.5) is 0 Å². The number of benzene rings is 1. The van der Waals surface area contributed by atoms with Crippen molar-refractivity contribution >= 4 is 5.91 Å². The first kappa shape index (κ1) is 20.3. The first-order valence-electron chi connectivity index (χ1n) is 10.8. The van der Waals surface area contributed by atoms with Crippen LogP contribution in [0.5, 0.6) is 0 Å². The van der Waals surface area contributed by atoms with Crippen LogP contribution >= 0.6 is 0 Å². The summed E-state index contributed by atoms with van der Waals surface area (Å²) in [6.45, 7) is 13.9. The SMILES string of the molecule is CCNC(=O)CCN1CC[C@]2(CCCN(Cc3ccc(C(C)C)cc3)C2)C1. The van der Waals surface area contributed by atoms with E-state index in [4.69, 9.17) is 0 Å². The molecule has 0 aromatic heterocycles. The number of likely N-dealkylation sites (tertiary alicyclic amines) is 2. The highest BCUT2D eigenvalue weighted by Crippen LogP contribution is 2.39. The van der Waals surface area contributed by atoms with Crippen LogP contribution < -0.4 is 5.32 Å². The molecule has 2 aliphatic heterocycles. The van der Waals surface area contributed by atoms with Gasteiger partial charge in [-0.15, -0.1) is 0 Å². The lowest BCUT2D eigenvalue weighted by Gasteiger charge is -2.40. The highest BCUT2D eigenvalue weighted by Gasteiger charge is 2.41. The number of hydrogen-bond donors (Lipinski definition) is 1. The fourth-order valence-corrected chi connectivity index (χ4v) is 4.81. The number of amides is 1. The van der Waals surface area contributed by atoms with Crippen molar-refractivity contribution in [2.75, 3.05) is 39.3 Å². The number of piperidine rings is 1. The highest BCUT2D eigenvalue weighted by atomic mass is 16.1. The Morgan fingerprint density at radius 3 is 2.56 bits per heavy atom. The Kier molecular flexibility index (Phi) is 6.93. The molecular formula is C23H37N3O. The number of hydrogen-bond acceptors (Lipinski definition) is 3. The molecule has 4 heteroatoms. The van der Waals surface area contributed by atoms with Crippen molar-refractivity contribution in [1.82, 2.24) is 15.1 Å². The third-order valence-electron chi connectivity index (χ3n) is 6.34. The summed E-state index contributed by atoms with van der Waals surface area (Å²) in [6.07, 6.45) is 4.56. The van der Waals surface area contributed by atoms with Crippen LogP contribution in [0.2, 0.25) is 0 Å². The van der Waals surface area contributed by atoms with Crippen molar-refractivity contribution in [3.05, 3.63) is 35.4 Å². The van der Waals surface area contributed by atoms with E-state index in [9.17, 15) is 4.79 Å². The predicted molar refractivity (Wildman–Crippen MR) is 112 cm³/mol. The lowest BCUT2D eigenvalue weighted by Crippen LogP contribution is -2.44. The van der Waals surface area contributed by atoms with Crippen LogP contribution in [0, 0.1) is 5.41 Å². The minimum Gasteiger partial charge on any atom is -0.356 e. The standard InChI is InChI=1S/C23H37N3O/c1-4-24-22(27)10-14-25-15-12-23(17-25)11-5-13-26(18-23)16-20-6-8-21(9-7-20)19(2)3/h6-9,19H,4-5,10-18H2,1-3H3,(H,24,27)/t23-/m1/s1. The van der Waals surface area contributed by atoms with E-state index in [2.05, 4.69) is 53.2 Å². The van der Waals surface area contributed by atoms with Gasteiger partial charge in [0.25, 0.3) is 0 Å². The van der Waals surface area contributed by atoms with Gasteiger partial charge in [0.15, 0.2) is 0 Å². The average Bonchev–Trinajstić information content (AvgIpc) is 3.03. The second-order valence-electron chi connectivity index (χ2n) is 8.94. The average molecular weight is 372 g/mol. The molecule has 1 aromatic rings. The van der Waals surface area contributed by atoms with Crippen LogP contribution in [-0.2, 0) is 11.3 Å². The molecule has 1 amide bonds. The number of nitrogens with one attached hydrogen (secondary N) is 1. The first-order chi connectivity index (χ1) is 13.0. The Morgan fingerprint density at radius 2 is 1.85 bits per heavy atom. The largest absolute Gasteiger partial charge is 0.356 e. The van der Waals surface area contributed by atoms with Gasteiger partial charge in [-0.3, -0.25) is 9.69 Å². The summed E-state index contributed by atoms with van der Waals surface area (Å²) in [5.74, 6) is 0.787.